The largest absolute Gasteiger partial charge is 0.345 e. The summed E-state index contributed by atoms with van der Waals surface area (Å²) >= 11 is 3.17. The fourth-order valence-electron chi connectivity index (χ4n) is 1.27. The van der Waals surface area contributed by atoms with Crippen LogP contribution in [0.3, 0.4) is 0 Å². The lowest BCUT2D eigenvalue weighted by atomic mass is 10.3. The van der Waals surface area contributed by atoms with Crippen LogP contribution in [0.4, 0.5) is 0 Å². The second-order valence-corrected chi connectivity index (χ2v) is 3.54. The molecule has 13 heavy (non-hydrogen) atoms. The Morgan fingerprint density at radius 2 is 2.46 bits per heavy atom. The van der Waals surface area contributed by atoms with Crippen molar-refractivity contribution in [3.63, 3.8) is 0 Å². The van der Waals surface area contributed by atoms with Crippen molar-refractivity contribution < 1.29 is 0 Å². The van der Waals surface area contributed by atoms with Gasteiger partial charge in [0.2, 0.25) is 5.43 Å². The lowest BCUT2D eigenvalue weighted by Gasteiger charge is -1.97. The fraction of sp³-hybridized carbons (Fsp3) is 0.250. The summed E-state index contributed by atoms with van der Waals surface area (Å²) in [6.45, 7) is 2.73. The van der Waals surface area contributed by atoms with E-state index in [0.29, 0.717) is 9.86 Å². The fourth-order valence-corrected chi connectivity index (χ4v) is 1.60. The number of aromatic amines is 1. The summed E-state index contributed by atoms with van der Waals surface area (Å²) in [7, 11) is 0. The van der Waals surface area contributed by atoms with Gasteiger partial charge in [-0.25, -0.2) is 4.68 Å². The number of pyridine rings is 1. The molecular weight excluding hydrogens is 234 g/mol. The van der Waals surface area contributed by atoms with Gasteiger partial charge in [0.15, 0.2) is 0 Å². The quantitative estimate of drug-likeness (QED) is 0.823. The normalized spacial score (nSPS) is 10.9. The third-order valence-corrected chi connectivity index (χ3v) is 2.53. The van der Waals surface area contributed by atoms with Crippen molar-refractivity contribution in [2.24, 2.45) is 0 Å². The third kappa shape index (κ3) is 1.19. The first-order chi connectivity index (χ1) is 6.24. The Bertz CT molecular complexity index is 500. The smallest absolute Gasteiger partial charge is 0.206 e. The highest BCUT2D eigenvalue weighted by Gasteiger charge is 2.06. The molecule has 0 spiro atoms. The highest BCUT2D eigenvalue weighted by atomic mass is 79.9. The van der Waals surface area contributed by atoms with E-state index in [4.69, 9.17) is 0 Å². The maximum absolute atomic E-state index is 11.5. The van der Waals surface area contributed by atoms with Crippen LogP contribution in [-0.2, 0) is 6.54 Å². The molecule has 0 aliphatic carbocycles. The highest BCUT2D eigenvalue weighted by molar-refractivity contribution is 9.10. The van der Waals surface area contributed by atoms with Crippen LogP contribution in [0.1, 0.15) is 6.92 Å². The Kier molecular flexibility index (Phi) is 1.95. The highest BCUT2D eigenvalue weighted by Crippen LogP contribution is 2.09. The molecular formula is C8H8BrN3O. The van der Waals surface area contributed by atoms with Crippen molar-refractivity contribution in [1.82, 2.24) is 14.8 Å². The van der Waals surface area contributed by atoms with E-state index in [2.05, 4.69) is 26.0 Å². The maximum Gasteiger partial charge on any atom is 0.206 e. The van der Waals surface area contributed by atoms with Crippen molar-refractivity contribution in [1.29, 1.82) is 0 Å². The first-order valence-electron chi connectivity index (χ1n) is 3.96. The van der Waals surface area contributed by atoms with Gasteiger partial charge in [0, 0.05) is 12.7 Å². The molecule has 68 valence electrons. The molecule has 0 saturated heterocycles. The van der Waals surface area contributed by atoms with Gasteiger partial charge in [0.05, 0.1) is 16.1 Å². The van der Waals surface area contributed by atoms with E-state index in [-0.39, 0.29) is 5.43 Å². The minimum atomic E-state index is -0.0200. The third-order valence-electron chi connectivity index (χ3n) is 1.94. The first-order valence-corrected chi connectivity index (χ1v) is 4.76. The minimum Gasteiger partial charge on any atom is -0.345 e. The molecule has 0 saturated carbocycles. The Morgan fingerprint density at radius 3 is 3.15 bits per heavy atom. The molecule has 2 aromatic rings. The zero-order valence-electron chi connectivity index (χ0n) is 7.04. The van der Waals surface area contributed by atoms with Crippen LogP contribution in [0.25, 0.3) is 11.0 Å². The molecule has 0 amide bonds. The summed E-state index contributed by atoms with van der Waals surface area (Å²) in [5.41, 5.74) is 0.754. The lowest BCUT2D eigenvalue weighted by molar-refractivity contribution is 0.676. The van der Waals surface area contributed by atoms with Gasteiger partial charge < -0.3 is 4.98 Å². The molecule has 0 atom stereocenters. The topological polar surface area (TPSA) is 50.7 Å². The average Bonchev–Trinajstić information content (AvgIpc) is 2.55. The molecule has 4 nitrogen and oxygen atoms in total. The lowest BCUT2D eigenvalue weighted by Crippen LogP contribution is -2.04. The molecule has 0 aliphatic rings. The first kappa shape index (κ1) is 8.50. The second kappa shape index (κ2) is 2.99. The summed E-state index contributed by atoms with van der Waals surface area (Å²) in [6.07, 6.45) is 3.22. The molecule has 2 aromatic heterocycles. The zero-order chi connectivity index (χ0) is 9.42. The molecule has 0 aliphatic heterocycles. The van der Waals surface area contributed by atoms with Gasteiger partial charge in [-0.1, -0.05) is 0 Å². The maximum atomic E-state index is 11.5. The summed E-state index contributed by atoms with van der Waals surface area (Å²) in [6, 6.07) is 0. The molecule has 1 N–H and O–H groups in total. The number of nitrogens with zero attached hydrogens (tertiary/aromatic N) is 2. The van der Waals surface area contributed by atoms with Gasteiger partial charge in [-0.2, -0.15) is 5.10 Å². The molecule has 2 heterocycles. The predicted octanol–water partition coefficient (Wildman–Crippen LogP) is 1.51. The summed E-state index contributed by atoms with van der Waals surface area (Å²) < 4.78 is 2.29. The van der Waals surface area contributed by atoms with Gasteiger partial charge in [0.25, 0.3) is 0 Å². The second-order valence-electron chi connectivity index (χ2n) is 2.69. The van der Waals surface area contributed by atoms with E-state index in [1.807, 2.05) is 6.92 Å². The molecule has 0 fully saturated rings. The standard InChI is InChI=1S/C8H8BrN3O/c1-2-12-8-5(3-11-12)7(13)6(9)4-10-8/h3-4H,2H2,1H3,(H,10,13). The molecule has 0 radical (unpaired) electrons. The van der Waals surface area contributed by atoms with Crippen LogP contribution in [0, 0.1) is 0 Å². The number of hydrogen-bond donors (Lipinski definition) is 1. The zero-order valence-corrected chi connectivity index (χ0v) is 8.63. The number of aromatic nitrogens is 3. The van der Waals surface area contributed by atoms with Crippen molar-refractivity contribution in [2.75, 3.05) is 0 Å². The molecule has 0 aromatic carbocycles. The molecule has 0 bridgehead atoms. The average molecular weight is 242 g/mol. The molecule has 0 unspecified atom stereocenters. The number of aryl methyl sites for hydroxylation is 1. The Hall–Kier alpha value is -1.10. The summed E-state index contributed by atoms with van der Waals surface area (Å²) in [4.78, 5) is 14.6. The number of halogens is 1. The van der Waals surface area contributed by atoms with Crippen LogP contribution >= 0.6 is 15.9 Å². The van der Waals surface area contributed by atoms with Crippen molar-refractivity contribution in [3.05, 3.63) is 27.1 Å². The van der Waals surface area contributed by atoms with Crippen LogP contribution in [-0.4, -0.2) is 14.8 Å². The van der Waals surface area contributed by atoms with E-state index in [9.17, 15) is 4.79 Å². The van der Waals surface area contributed by atoms with E-state index < -0.39 is 0 Å². The Balaban J connectivity index is 2.89. The van der Waals surface area contributed by atoms with Crippen molar-refractivity contribution >= 4 is 27.0 Å². The number of nitrogens with one attached hydrogen (secondary N) is 1. The van der Waals surface area contributed by atoms with Crippen molar-refractivity contribution in [2.45, 2.75) is 13.5 Å². The van der Waals surface area contributed by atoms with E-state index in [1.165, 1.54) is 0 Å². The Morgan fingerprint density at radius 1 is 1.69 bits per heavy atom. The van der Waals surface area contributed by atoms with E-state index >= 15 is 0 Å². The number of fused-ring (bicyclic) bond motifs is 1. The Labute approximate surface area is 82.7 Å². The van der Waals surface area contributed by atoms with Gasteiger partial charge in [-0.05, 0) is 22.9 Å². The van der Waals surface area contributed by atoms with Gasteiger partial charge in [-0.3, -0.25) is 4.79 Å². The monoisotopic (exact) mass is 241 g/mol. The molecule has 2 rings (SSSR count). The summed E-state index contributed by atoms with van der Waals surface area (Å²) in [5, 5.41) is 4.70. The number of H-pyrrole nitrogens is 1. The van der Waals surface area contributed by atoms with Crippen LogP contribution in [0.2, 0.25) is 0 Å². The number of rotatable bonds is 1. The van der Waals surface area contributed by atoms with Crippen LogP contribution in [0.15, 0.2) is 21.7 Å². The number of hydrogen-bond acceptors (Lipinski definition) is 2. The summed E-state index contributed by atoms with van der Waals surface area (Å²) in [5.74, 6) is 0. The minimum absolute atomic E-state index is 0.0200. The van der Waals surface area contributed by atoms with Gasteiger partial charge in [0.1, 0.15) is 5.65 Å². The van der Waals surface area contributed by atoms with Crippen LogP contribution in [0.5, 0.6) is 0 Å². The van der Waals surface area contributed by atoms with Gasteiger partial charge >= 0.3 is 0 Å². The predicted molar refractivity (Wildman–Crippen MR) is 53.7 cm³/mol. The van der Waals surface area contributed by atoms with Crippen LogP contribution < -0.4 is 5.43 Å². The van der Waals surface area contributed by atoms with Gasteiger partial charge in [-0.15, -0.1) is 0 Å². The SMILES string of the molecule is CCn1ncc2c(=O)c(Br)c[nH]c21. The molecule has 5 heteroatoms. The van der Waals surface area contributed by atoms with Crippen molar-refractivity contribution in [3.8, 4) is 0 Å². The van der Waals surface area contributed by atoms with E-state index in [0.717, 1.165) is 12.2 Å². The van der Waals surface area contributed by atoms with E-state index in [1.54, 1.807) is 17.1 Å².